The minimum atomic E-state index is 0.459. The van der Waals surface area contributed by atoms with E-state index >= 15 is 0 Å². The molecular weight excluding hydrogens is 182 g/mol. The largest absolute Gasteiger partial charge is 0.308 e. The van der Waals surface area contributed by atoms with Crippen molar-refractivity contribution in [3.8, 4) is 0 Å². The van der Waals surface area contributed by atoms with Gasteiger partial charge in [0.15, 0.2) is 0 Å². The molecule has 0 aromatic rings. The van der Waals surface area contributed by atoms with E-state index in [1.54, 1.807) is 0 Å². The third-order valence-electron chi connectivity index (χ3n) is 3.80. The van der Waals surface area contributed by atoms with Gasteiger partial charge in [-0.3, -0.25) is 0 Å². The molecule has 0 radical (unpaired) electrons. The lowest BCUT2D eigenvalue weighted by molar-refractivity contribution is 0.158. The van der Waals surface area contributed by atoms with Crippen LogP contribution in [0.1, 0.15) is 53.4 Å². The Morgan fingerprint density at radius 1 is 1.20 bits per heavy atom. The summed E-state index contributed by atoms with van der Waals surface area (Å²) in [5.41, 5.74) is 0.495. The lowest BCUT2D eigenvalue weighted by atomic mass is 9.71. The number of hydrogen-bond acceptors (Lipinski definition) is 1. The van der Waals surface area contributed by atoms with Gasteiger partial charge in [-0.2, -0.15) is 0 Å². The zero-order valence-electron chi connectivity index (χ0n) is 10.8. The maximum atomic E-state index is 3.82. The van der Waals surface area contributed by atoms with Gasteiger partial charge < -0.3 is 5.32 Å². The molecule has 1 aliphatic carbocycles. The first kappa shape index (κ1) is 12.8. The van der Waals surface area contributed by atoms with E-state index in [2.05, 4.69) is 39.6 Å². The zero-order valence-corrected chi connectivity index (χ0v) is 10.8. The van der Waals surface area contributed by atoms with Gasteiger partial charge in [-0.25, -0.2) is 0 Å². The summed E-state index contributed by atoms with van der Waals surface area (Å²) in [6.07, 6.45) is 7.42. The van der Waals surface area contributed by atoms with Crippen LogP contribution in [0.25, 0.3) is 0 Å². The van der Waals surface area contributed by atoms with Crippen molar-refractivity contribution in [3.05, 3.63) is 12.7 Å². The van der Waals surface area contributed by atoms with E-state index in [4.69, 9.17) is 0 Å². The van der Waals surface area contributed by atoms with Crippen LogP contribution in [0.5, 0.6) is 0 Å². The van der Waals surface area contributed by atoms with Crippen molar-refractivity contribution in [2.45, 2.75) is 65.5 Å². The average Bonchev–Trinajstić information content (AvgIpc) is 2.17. The lowest BCUT2D eigenvalue weighted by Crippen LogP contribution is -2.39. The van der Waals surface area contributed by atoms with Crippen LogP contribution in [-0.2, 0) is 0 Å². The molecule has 0 aliphatic heterocycles. The van der Waals surface area contributed by atoms with Crippen molar-refractivity contribution < 1.29 is 0 Å². The van der Waals surface area contributed by atoms with Gasteiger partial charge in [0, 0.05) is 12.1 Å². The van der Waals surface area contributed by atoms with Crippen LogP contribution >= 0.6 is 0 Å². The molecule has 88 valence electrons. The summed E-state index contributed by atoms with van der Waals surface area (Å²) >= 11 is 0. The van der Waals surface area contributed by atoms with Crippen LogP contribution in [0, 0.1) is 11.3 Å². The van der Waals surface area contributed by atoms with Crippen LogP contribution in [0.3, 0.4) is 0 Å². The van der Waals surface area contributed by atoms with Crippen molar-refractivity contribution in [3.63, 3.8) is 0 Å². The zero-order chi connectivity index (χ0) is 11.5. The molecule has 1 unspecified atom stereocenters. The van der Waals surface area contributed by atoms with Crippen LogP contribution in [0.4, 0.5) is 0 Å². The SMILES string of the molecule is C=CC(C)NC1CCC(C(C)(C)C)CC1. The van der Waals surface area contributed by atoms with Crippen LogP contribution < -0.4 is 5.32 Å². The highest BCUT2D eigenvalue weighted by Crippen LogP contribution is 2.37. The molecule has 1 heteroatoms. The Kier molecular flexibility index (Phi) is 4.39. The molecule has 0 spiro atoms. The van der Waals surface area contributed by atoms with E-state index in [-0.39, 0.29) is 0 Å². The molecular formula is C14H27N. The predicted octanol–water partition coefficient (Wildman–Crippen LogP) is 3.76. The fraction of sp³-hybridized carbons (Fsp3) is 0.857. The molecule has 1 N–H and O–H groups in total. The molecule has 0 aromatic carbocycles. The Balaban J connectivity index is 2.33. The molecule has 1 nitrogen and oxygen atoms in total. The molecule has 0 saturated heterocycles. The summed E-state index contributed by atoms with van der Waals surface area (Å²) in [4.78, 5) is 0. The molecule has 0 heterocycles. The Bertz CT molecular complexity index is 194. The van der Waals surface area contributed by atoms with E-state index in [1.807, 2.05) is 6.08 Å². The van der Waals surface area contributed by atoms with E-state index in [1.165, 1.54) is 25.7 Å². The van der Waals surface area contributed by atoms with E-state index in [9.17, 15) is 0 Å². The molecule has 1 atom stereocenters. The third kappa shape index (κ3) is 3.98. The smallest absolute Gasteiger partial charge is 0.0221 e. The normalized spacial score (nSPS) is 29.9. The molecule has 15 heavy (non-hydrogen) atoms. The fourth-order valence-corrected chi connectivity index (χ4v) is 2.57. The molecule has 1 fully saturated rings. The maximum absolute atomic E-state index is 3.82. The molecule has 1 aliphatic rings. The number of rotatable bonds is 3. The Hall–Kier alpha value is -0.300. The Morgan fingerprint density at radius 3 is 2.13 bits per heavy atom. The summed E-state index contributed by atoms with van der Waals surface area (Å²) in [5.74, 6) is 0.912. The van der Waals surface area contributed by atoms with Gasteiger partial charge in [-0.15, -0.1) is 6.58 Å². The monoisotopic (exact) mass is 209 g/mol. The highest BCUT2D eigenvalue weighted by atomic mass is 14.9. The highest BCUT2D eigenvalue weighted by Gasteiger charge is 2.29. The summed E-state index contributed by atoms with van der Waals surface area (Å²) in [6, 6.07) is 1.18. The third-order valence-corrected chi connectivity index (χ3v) is 3.80. The maximum Gasteiger partial charge on any atom is 0.0221 e. The minimum absolute atomic E-state index is 0.459. The van der Waals surface area contributed by atoms with Crippen molar-refractivity contribution in [1.82, 2.24) is 5.32 Å². The van der Waals surface area contributed by atoms with Crippen molar-refractivity contribution in [1.29, 1.82) is 0 Å². The van der Waals surface area contributed by atoms with Gasteiger partial charge in [-0.05, 0) is 43.9 Å². The summed E-state index contributed by atoms with van der Waals surface area (Å²) in [7, 11) is 0. The fourth-order valence-electron chi connectivity index (χ4n) is 2.57. The van der Waals surface area contributed by atoms with Crippen molar-refractivity contribution in [2.24, 2.45) is 11.3 Å². The Labute approximate surface area is 95.3 Å². The minimum Gasteiger partial charge on any atom is -0.308 e. The predicted molar refractivity (Wildman–Crippen MR) is 68.0 cm³/mol. The number of hydrogen-bond donors (Lipinski definition) is 1. The Morgan fingerprint density at radius 2 is 1.73 bits per heavy atom. The van der Waals surface area contributed by atoms with Gasteiger partial charge in [0.2, 0.25) is 0 Å². The summed E-state index contributed by atoms with van der Waals surface area (Å²) < 4.78 is 0. The lowest BCUT2D eigenvalue weighted by Gasteiger charge is -2.37. The second-order valence-corrected chi connectivity index (χ2v) is 6.11. The van der Waals surface area contributed by atoms with Gasteiger partial charge in [0.05, 0.1) is 0 Å². The second-order valence-electron chi connectivity index (χ2n) is 6.11. The van der Waals surface area contributed by atoms with E-state index < -0.39 is 0 Å². The van der Waals surface area contributed by atoms with Crippen molar-refractivity contribution in [2.75, 3.05) is 0 Å². The molecule has 0 amide bonds. The highest BCUT2D eigenvalue weighted by molar-refractivity contribution is 4.88. The average molecular weight is 209 g/mol. The van der Waals surface area contributed by atoms with Crippen LogP contribution in [-0.4, -0.2) is 12.1 Å². The molecule has 0 bridgehead atoms. The second kappa shape index (κ2) is 5.16. The van der Waals surface area contributed by atoms with E-state index in [0.29, 0.717) is 11.5 Å². The summed E-state index contributed by atoms with van der Waals surface area (Å²) in [5, 5.41) is 3.62. The topological polar surface area (TPSA) is 12.0 Å². The van der Waals surface area contributed by atoms with Gasteiger partial charge in [0.25, 0.3) is 0 Å². The van der Waals surface area contributed by atoms with Gasteiger partial charge in [-0.1, -0.05) is 26.8 Å². The summed E-state index contributed by atoms with van der Waals surface area (Å²) in [6.45, 7) is 13.1. The van der Waals surface area contributed by atoms with Gasteiger partial charge >= 0.3 is 0 Å². The molecule has 0 aromatic heterocycles. The van der Waals surface area contributed by atoms with Crippen molar-refractivity contribution >= 4 is 0 Å². The van der Waals surface area contributed by atoms with Gasteiger partial charge in [0.1, 0.15) is 0 Å². The molecule has 1 saturated carbocycles. The quantitative estimate of drug-likeness (QED) is 0.698. The van der Waals surface area contributed by atoms with E-state index in [0.717, 1.165) is 12.0 Å². The first-order valence-corrected chi connectivity index (χ1v) is 6.32. The van der Waals surface area contributed by atoms with Crippen LogP contribution in [0.15, 0.2) is 12.7 Å². The first-order chi connectivity index (χ1) is 6.93. The number of nitrogens with one attached hydrogen (secondary N) is 1. The molecule has 1 rings (SSSR count). The van der Waals surface area contributed by atoms with Crippen LogP contribution in [0.2, 0.25) is 0 Å². The standard InChI is InChI=1S/C14H27N/c1-6-11(2)15-13-9-7-12(8-10-13)14(3,4)5/h6,11-13,15H,1,7-10H2,2-5H3. The first-order valence-electron chi connectivity index (χ1n) is 6.32.